The molecule has 1 saturated heterocycles. The number of hydrogen-bond donors (Lipinski definition) is 0. The largest absolute Gasteiger partial charge is 0.378 e. The number of nitrogens with zero attached hydrogens (tertiary/aromatic N) is 1. The van der Waals surface area contributed by atoms with Crippen molar-refractivity contribution in [1.82, 2.24) is 4.90 Å². The van der Waals surface area contributed by atoms with E-state index in [0.717, 1.165) is 6.07 Å². The predicted molar refractivity (Wildman–Crippen MR) is 60.8 cm³/mol. The third kappa shape index (κ3) is 2.32. The standard InChI is InChI=1S/C11H10BrF2NO2/c1-17-7-4-15(5-7)11(16)8-2-6(12)3-9(13)10(8)14/h2-3,7H,4-5H2,1H3. The first-order valence-electron chi connectivity index (χ1n) is 4.99. The van der Waals surface area contributed by atoms with Gasteiger partial charge in [-0.3, -0.25) is 4.79 Å². The smallest absolute Gasteiger partial charge is 0.257 e. The first kappa shape index (κ1) is 12.4. The lowest BCUT2D eigenvalue weighted by molar-refractivity contribution is -0.0194. The number of carbonyl (C=O) groups is 1. The predicted octanol–water partition coefficient (Wildman–Crippen LogP) is 2.20. The fourth-order valence-electron chi connectivity index (χ4n) is 1.63. The third-order valence-corrected chi connectivity index (χ3v) is 3.15. The minimum Gasteiger partial charge on any atom is -0.378 e. The minimum atomic E-state index is -1.11. The summed E-state index contributed by atoms with van der Waals surface area (Å²) in [6.45, 7) is 0.811. The minimum absolute atomic E-state index is 0.0148. The van der Waals surface area contributed by atoms with Crippen molar-refractivity contribution < 1.29 is 18.3 Å². The van der Waals surface area contributed by atoms with Crippen LogP contribution in [0.4, 0.5) is 8.78 Å². The van der Waals surface area contributed by atoms with Gasteiger partial charge >= 0.3 is 0 Å². The molecule has 1 amide bonds. The Morgan fingerprint density at radius 2 is 2.12 bits per heavy atom. The van der Waals surface area contributed by atoms with E-state index in [2.05, 4.69) is 15.9 Å². The topological polar surface area (TPSA) is 29.5 Å². The number of methoxy groups -OCH3 is 1. The van der Waals surface area contributed by atoms with Crippen LogP contribution in [0.3, 0.4) is 0 Å². The highest BCUT2D eigenvalue weighted by atomic mass is 79.9. The zero-order valence-corrected chi connectivity index (χ0v) is 10.6. The maximum Gasteiger partial charge on any atom is 0.257 e. The van der Waals surface area contributed by atoms with Gasteiger partial charge in [-0.25, -0.2) is 8.78 Å². The zero-order chi connectivity index (χ0) is 12.6. The molecule has 1 aliphatic rings. The van der Waals surface area contributed by atoms with Gasteiger partial charge in [0, 0.05) is 24.7 Å². The van der Waals surface area contributed by atoms with Gasteiger partial charge in [0.15, 0.2) is 11.6 Å². The van der Waals surface area contributed by atoms with E-state index in [1.165, 1.54) is 11.0 Å². The molecule has 1 heterocycles. The van der Waals surface area contributed by atoms with Gasteiger partial charge in [0.25, 0.3) is 5.91 Å². The fraction of sp³-hybridized carbons (Fsp3) is 0.364. The average molecular weight is 306 g/mol. The van der Waals surface area contributed by atoms with Crippen LogP contribution < -0.4 is 0 Å². The Hall–Kier alpha value is -1.01. The molecular formula is C11H10BrF2NO2. The van der Waals surface area contributed by atoms with Crippen molar-refractivity contribution in [2.45, 2.75) is 6.10 Å². The van der Waals surface area contributed by atoms with Crippen molar-refractivity contribution in [2.24, 2.45) is 0 Å². The molecule has 1 fully saturated rings. The van der Waals surface area contributed by atoms with Crippen LogP contribution in [0, 0.1) is 11.6 Å². The Bertz CT molecular complexity index is 461. The molecule has 1 aromatic rings. The van der Waals surface area contributed by atoms with E-state index in [-0.39, 0.29) is 11.7 Å². The lowest BCUT2D eigenvalue weighted by atomic mass is 10.1. The van der Waals surface area contributed by atoms with Crippen molar-refractivity contribution in [3.8, 4) is 0 Å². The molecule has 0 aromatic heterocycles. The molecule has 0 atom stereocenters. The number of amides is 1. The Kier molecular flexibility index (Phi) is 3.44. The summed E-state index contributed by atoms with van der Waals surface area (Å²) in [5, 5.41) is 0. The number of hydrogen-bond acceptors (Lipinski definition) is 2. The molecule has 1 aliphatic heterocycles. The monoisotopic (exact) mass is 305 g/mol. The second-order valence-corrected chi connectivity index (χ2v) is 4.73. The molecule has 6 heteroatoms. The Morgan fingerprint density at radius 3 is 2.71 bits per heavy atom. The van der Waals surface area contributed by atoms with Crippen LogP contribution in [0.15, 0.2) is 16.6 Å². The maximum atomic E-state index is 13.5. The number of ether oxygens (including phenoxy) is 1. The summed E-state index contributed by atoms with van der Waals surface area (Å²) < 4.78 is 31.9. The summed E-state index contributed by atoms with van der Waals surface area (Å²) >= 11 is 3.03. The molecule has 0 N–H and O–H groups in total. The van der Waals surface area contributed by atoms with E-state index in [1.54, 1.807) is 7.11 Å². The molecule has 2 rings (SSSR count). The number of carbonyl (C=O) groups excluding carboxylic acids is 1. The van der Waals surface area contributed by atoms with Crippen LogP contribution in [0.5, 0.6) is 0 Å². The molecule has 17 heavy (non-hydrogen) atoms. The highest BCUT2D eigenvalue weighted by Gasteiger charge is 2.32. The molecule has 0 spiro atoms. The van der Waals surface area contributed by atoms with E-state index >= 15 is 0 Å². The second kappa shape index (κ2) is 4.70. The van der Waals surface area contributed by atoms with Crippen molar-refractivity contribution in [3.63, 3.8) is 0 Å². The van der Waals surface area contributed by atoms with E-state index in [9.17, 15) is 13.6 Å². The molecule has 1 aromatic carbocycles. The quantitative estimate of drug-likeness (QED) is 0.784. The number of rotatable bonds is 2. The fourth-order valence-corrected chi connectivity index (χ4v) is 2.06. The van der Waals surface area contributed by atoms with E-state index in [0.29, 0.717) is 17.6 Å². The summed E-state index contributed by atoms with van der Waals surface area (Å²) in [6, 6.07) is 2.26. The Labute approximate surface area is 105 Å². The van der Waals surface area contributed by atoms with E-state index in [1.807, 2.05) is 0 Å². The van der Waals surface area contributed by atoms with Crippen molar-refractivity contribution >= 4 is 21.8 Å². The molecule has 0 aliphatic carbocycles. The second-order valence-electron chi connectivity index (χ2n) is 3.82. The van der Waals surface area contributed by atoms with Crippen LogP contribution in [-0.2, 0) is 4.74 Å². The highest BCUT2D eigenvalue weighted by Crippen LogP contribution is 2.23. The number of halogens is 3. The number of benzene rings is 1. The van der Waals surface area contributed by atoms with Gasteiger partial charge in [0.2, 0.25) is 0 Å². The summed E-state index contributed by atoms with van der Waals surface area (Å²) in [5.74, 6) is -2.67. The van der Waals surface area contributed by atoms with Gasteiger partial charge < -0.3 is 9.64 Å². The molecule has 3 nitrogen and oxygen atoms in total. The van der Waals surface area contributed by atoms with Crippen LogP contribution >= 0.6 is 15.9 Å². The molecule has 0 unspecified atom stereocenters. The molecule has 0 radical (unpaired) electrons. The summed E-state index contributed by atoms with van der Waals surface area (Å²) in [7, 11) is 1.55. The van der Waals surface area contributed by atoms with Gasteiger partial charge in [0.05, 0.1) is 11.7 Å². The first-order valence-corrected chi connectivity index (χ1v) is 5.79. The van der Waals surface area contributed by atoms with Crippen LogP contribution in [0.2, 0.25) is 0 Å². The third-order valence-electron chi connectivity index (χ3n) is 2.69. The molecule has 92 valence electrons. The summed E-state index contributed by atoms with van der Waals surface area (Å²) in [5.41, 5.74) is -0.258. The Balaban J connectivity index is 2.20. The van der Waals surface area contributed by atoms with Crippen molar-refractivity contribution in [3.05, 3.63) is 33.8 Å². The maximum absolute atomic E-state index is 13.5. The van der Waals surface area contributed by atoms with Crippen molar-refractivity contribution in [1.29, 1.82) is 0 Å². The summed E-state index contributed by atoms with van der Waals surface area (Å²) in [6.07, 6.45) is -0.0148. The average Bonchev–Trinajstić information content (AvgIpc) is 2.21. The van der Waals surface area contributed by atoms with E-state index in [4.69, 9.17) is 4.74 Å². The number of likely N-dealkylation sites (tertiary alicyclic amines) is 1. The Morgan fingerprint density at radius 1 is 1.47 bits per heavy atom. The van der Waals surface area contributed by atoms with Gasteiger partial charge in [-0.1, -0.05) is 15.9 Å². The molecule has 0 bridgehead atoms. The first-order chi connectivity index (χ1) is 8.02. The van der Waals surface area contributed by atoms with Gasteiger partial charge in [-0.2, -0.15) is 0 Å². The normalized spacial score (nSPS) is 15.9. The lowest BCUT2D eigenvalue weighted by Gasteiger charge is -2.38. The van der Waals surface area contributed by atoms with Gasteiger partial charge in [0.1, 0.15) is 0 Å². The van der Waals surface area contributed by atoms with Crippen LogP contribution in [0.25, 0.3) is 0 Å². The molecule has 0 saturated carbocycles. The molecular weight excluding hydrogens is 296 g/mol. The van der Waals surface area contributed by atoms with Crippen LogP contribution in [-0.4, -0.2) is 37.1 Å². The zero-order valence-electron chi connectivity index (χ0n) is 9.04. The van der Waals surface area contributed by atoms with E-state index < -0.39 is 17.5 Å². The highest BCUT2D eigenvalue weighted by molar-refractivity contribution is 9.10. The SMILES string of the molecule is COC1CN(C(=O)c2cc(Br)cc(F)c2F)C1. The summed E-state index contributed by atoms with van der Waals surface area (Å²) in [4.78, 5) is 13.3. The van der Waals surface area contributed by atoms with Crippen LogP contribution in [0.1, 0.15) is 10.4 Å². The van der Waals surface area contributed by atoms with Gasteiger partial charge in [-0.05, 0) is 12.1 Å². The van der Waals surface area contributed by atoms with Crippen molar-refractivity contribution in [2.75, 3.05) is 20.2 Å². The van der Waals surface area contributed by atoms with Gasteiger partial charge in [-0.15, -0.1) is 0 Å². The lowest BCUT2D eigenvalue weighted by Crippen LogP contribution is -2.54.